The maximum absolute atomic E-state index is 11.5. The molecule has 8 nitrogen and oxygen atoms in total. The zero-order valence-corrected chi connectivity index (χ0v) is 19.0. The Kier molecular flexibility index (Phi) is 19.4. The van der Waals surface area contributed by atoms with Gasteiger partial charge in [-0.3, -0.25) is 9.63 Å². The molecule has 1 aromatic carbocycles. The summed E-state index contributed by atoms with van der Waals surface area (Å²) in [6, 6.07) is 7.53. The van der Waals surface area contributed by atoms with Crippen LogP contribution in [0.3, 0.4) is 0 Å². The van der Waals surface area contributed by atoms with E-state index in [2.05, 4.69) is 24.0 Å². The summed E-state index contributed by atoms with van der Waals surface area (Å²) in [6.07, 6.45) is 0.374. The number of rotatable bonds is 17. The molecule has 0 saturated carbocycles. The average Bonchev–Trinajstić information content (AvgIpc) is 2.75. The molecule has 0 unspecified atom stereocenters. The molecule has 0 aliphatic rings. The van der Waals surface area contributed by atoms with Crippen LogP contribution >= 0.6 is 0 Å². The van der Waals surface area contributed by atoms with E-state index in [1.807, 2.05) is 38.1 Å². The van der Waals surface area contributed by atoms with Gasteiger partial charge in [-0.1, -0.05) is 39.8 Å². The molecule has 0 spiro atoms. The number of hydrogen-bond donors (Lipinski definition) is 2. The van der Waals surface area contributed by atoms with Gasteiger partial charge in [0.2, 0.25) is 5.91 Å². The molecular weight excluding hydrogens is 388 g/mol. The summed E-state index contributed by atoms with van der Waals surface area (Å²) < 4.78 is 21.8. The van der Waals surface area contributed by atoms with Crippen LogP contribution in [0.15, 0.2) is 24.3 Å². The van der Waals surface area contributed by atoms with Crippen LogP contribution < -0.4 is 16.0 Å². The average molecular weight is 431 g/mol. The second-order valence-corrected chi connectivity index (χ2v) is 6.59. The smallest absolute Gasteiger partial charge is 0.222 e. The van der Waals surface area contributed by atoms with Crippen molar-refractivity contribution in [1.29, 1.82) is 0 Å². The minimum Gasteiger partial charge on any atom is -0.491 e. The molecule has 1 aromatic rings. The van der Waals surface area contributed by atoms with Crippen LogP contribution in [-0.2, 0) is 30.4 Å². The van der Waals surface area contributed by atoms with Gasteiger partial charge >= 0.3 is 0 Å². The Hall–Kier alpha value is -1.71. The summed E-state index contributed by atoms with van der Waals surface area (Å²) in [6.45, 7) is 12.5. The van der Waals surface area contributed by atoms with Crippen molar-refractivity contribution in [3.63, 3.8) is 0 Å². The van der Waals surface area contributed by atoms with E-state index in [4.69, 9.17) is 24.8 Å². The second kappa shape index (κ2) is 20.6. The molecule has 30 heavy (non-hydrogen) atoms. The van der Waals surface area contributed by atoms with Gasteiger partial charge in [0.15, 0.2) is 0 Å². The van der Waals surface area contributed by atoms with Crippen molar-refractivity contribution in [2.24, 2.45) is 11.8 Å². The van der Waals surface area contributed by atoms with E-state index >= 15 is 0 Å². The third kappa shape index (κ3) is 17.2. The highest BCUT2D eigenvalue weighted by molar-refractivity contribution is 5.75. The molecule has 0 fully saturated rings. The first-order valence-corrected chi connectivity index (χ1v) is 10.6. The van der Waals surface area contributed by atoms with Crippen molar-refractivity contribution < 1.29 is 30.0 Å². The molecule has 0 atom stereocenters. The summed E-state index contributed by atoms with van der Waals surface area (Å²) in [4.78, 5) is 16.1. The zero-order chi connectivity index (χ0) is 22.5. The number of amides is 1. The number of carbonyl (C=O) groups excluding carboxylic acids is 1. The third-order valence-electron chi connectivity index (χ3n) is 3.59. The summed E-state index contributed by atoms with van der Waals surface area (Å²) in [5, 5.41) is 2.85. The van der Waals surface area contributed by atoms with Crippen LogP contribution in [0.4, 0.5) is 0 Å². The van der Waals surface area contributed by atoms with Gasteiger partial charge in [0.1, 0.15) is 12.4 Å². The van der Waals surface area contributed by atoms with Gasteiger partial charge in [-0.2, -0.15) is 0 Å². The Morgan fingerprint density at radius 3 is 2.00 bits per heavy atom. The lowest BCUT2D eigenvalue weighted by Crippen LogP contribution is -2.28. The zero-order valence-electron chi connectivity index (χ0n) is 19.0. The Morgan fingerprint density at radius 1 is 0.933 bits per heavy atom. The first-order chi connectivity index (χ1) is 14.6. The fraction of sp³-hybridized carbons (Fsp3) is 0.682. The molecule has 0 aliphatic carbocycles. The molecule has 0 bridgehead atoms. The molecule has 1 rings (SSSR count). The van der Waals surface area contributed by atoms with Crippen molar-refractivity contribution in [3.05, 3.63) is 29.8 Å². The van der Waals surface area contributed by atoms with Gasteiger partial charge in [0.05, 0.1) is 46.2 Å². The highest BCUT2D eigenvalue weighted by Gasteiger charge is 2.02. The normalized spacial score (nSPS) is 10.5. The van der Waals surface area contributed by atoms with E-state index in [1.165, 1.54) is 0 Å². The quantitative estimate of drug-likeness (QED) is 0.289. The maximum Gasteiger partial charge on any atom is 0.222 e. The van der Waals surface area contributed by atoms with Gasteiger partial charge in [-0.05, 0) is 23.6 Å². The molecule has 0 radical (unpaired) electrons. The van der Waals surface area contributed by atoms with Crippen molar-refractivity contribution in [3.8, 4) is 5.75 Å². The van der Waals surface area contributed by atoms with Gasteiger partial charge in [-0.15, -0.1) is 0 Å². The predicted octanol–water partition coefficient (Wildman–Crippen LogP) is 2.94. The highest BCUT2D eigenvalue weighted by atomic mass is 16.6. The lowest BCUT2D eigenvalue weighted by molar-refractivity contribution is -0.122. The Morgan fingerprint density at radius 2 is 1.47 bits per heavy atom. The monoisotopic (exact) mass is 430 g/mol. The molecule has 176 valence electrons. The molecule has 8 heteroatoms. The van der Waals surface area contributed by atoms with E-state index in [0.29, 0.717) is 71.7 Å². The lowest BCUT2D eigenvalue weighted by atomic mass is 10.2. The van der Waals surface area contributed by atoms with Crippen LogP contribution in [0.2, 0.25) is 0 Å². The lowest BCUT2D eigenvalue weighted by Gasteiger charge is -2.09. The third-order valence-corrected chi connectivity index (χ3v) is 3.59. The summed E-state index contributed by atoms with van der Waals surface area (Å²) in [5.74, 6) is 6.27. The number of benzene rings is 1. The number of hydrogen-bond acceptors (Lipinski definition) is 7. The van der Waals surface area contributed by atoms with Crippen molar-refractivity contribution in [2.75, 3.05) is 52.8 Å². The predicted molar refractivity (Wildman–Crippen MR) is 119 cm³/mol. The maximum atomic E-state index is 11.5. The van der Waals surface area contributed by atoms with E-state index < -0.39 is 0 Å². The first-order valence-electron chi connectivity index (χ1n) is 10.6. The standard InChI is InChI=1S/C20H34N2O6.C2H6.H2/c1-17(2)15-22-20(23)7-8-24-9-10-25-11-12-26-13-14-27-19-5-3-18(4-6-19)16-28-21;1-2;/h3-6,17H,7-16,21H2,1-2H3,(H,22,23);1-2H3;1H. The van der Waals surface area contributed by atoms with E-state index in [9.17, 15) is 4.79 Å². The molecule has 0 aromatic heterocycles. The van der Waals surface area contributed by atoms with Crippen LogP contribution in [0, 0.1) is 5.92 Å². The minimum absolute atomic E-state index is 0. The van der Waals surface area contributed by atoms with Crippen LogP contribution in [0.5, 0.6) is 5.75 Å². The number of nitrogens with one attached hydrogen (secondary N) is 1. The molecule has 1 amide bonds. The number of nitrogens with two attached hydrogens (primary N) is 1. The molecular formula is C22H42N2O6. The molecule has 0 aliphatic heterocycles. The largest absolute Gasteiger partial charge is 0.491 e. The molecule has 0 heterocycles. The highest BCUT2D eigenvalue weighted by Crippen LogP contribution is 2.12. The number of ether oxygens (including phenoxy) is 4. The first kappa shape index (κ1) is 28.3. The Bertz CT molecular complexity index is 517. The molecule has 0 saturated heterocycles. The summed E-state index contributed by atoms with van der Waals surface area (Å²) in [5.41, 5.74) is 0.988. The van der Waals surface area contributed by atoms with Gasteiger partial charge < -0.3 is 24.3 Å². The Labute approximate surface area is 182 Å². The van der Waals surface area contributed by atoms with Gasteiger partial charge in [0.25, 0.3) is 0 Å². The fourth-order valence-electron chi connectivity index (χ4n) is 2.11. The SMILES string of the molecule is CC.CC(C)CNC(=O)CCOCCOCCOCCOc1ccc(CON)cc1.[HH]. The minimum atomic E-state index is 0. The van der Waals surface area contributed by atoms with Crippen LogP contribution in [-0.4, -0.2) is 58.7 Å². The van der Waals surface area contributed by atoms with Crippen molar-refractivity contribution in [1.82, 2.24) is 5.32 Å². The summed E-state index contributed by atoms with van der Waals surface area (Å²) in [7, 11) is 0. The Balaban J connectivity index is 0. The van der Waals surface area contributed by atoms with Crippen LogP contribution in [0.25, 0.3) is 0 Å². The van der Waals surface area contributed by atoms with E-state index in [0.717, 1.165) is 11.3 Å². The van der Waals surface area contributed by atoms with Gasteiger partial charge in [-0.25, -0.2) is 5.90 Å². The number of carbonyl (C=O) groups is 1. The summed E-state index contributed by atoms with van der Waals surface area (Å²) >= 11 is 0. The van der Waals surface area contributed by atoms with Gasteiger partial charge in [0, 0.05) is 14.4 Å². The van der Waals surface area contributed by atoms with Crippen molar-refractivity contribution in [2.45, 2.75) is 40.7 Å². The topological polar surface area (TPSA) is 101 Å². The fourth-order valence-corrected chi connectivity index (χ4v) is 2.11. The second-order valence-electron chi connectivity index (χ2n) is 6.59. The van der Waals surface area contributed by atoms with E-state index in [1.54, 1.807) is 0 Å². The van der Waals surface area contributed by atoms with Crippen LogP contribution in [0.1, 0.15) is 41.1 Å². The van der Waals surface area contributed by atoms with E-state index in [-0.39, 0.29) is 7.33 Å². The molecule has 3 N–H and O–H groups in total. The van der Waals surface area contributed by atoms with Crippen molar-refractivity contribution >= 4 is 5.91 Å².